The van der Waals surface area contributed by atoms with Gasteiger partial charge in [-0.05, 0) is 25.5 Å². The van der Waals surface area contributed by atoms with Crippen LogP contribution in [0.3, 0.4) is 0 Å². The number of rotatable bonds is 7. The number of hydrogen-bond acceptors (Lipinski definition) is 3. The van der Waals surface area contributed by atoms with Gasteiger partial charge in [-0.1, -0.05) is 0 Å². The minimum atomic E-state index is -3.04. The maximum Gasteiger partial charge on any atom is 0.282 e. The van der Waals surface area contributed by atoms with E-state index in [1.165, 1.54) is 0 Å². The average Bonchev–Trinajstić information content (AvgIpc) is 2.76. The molecule has 1 aromatic rings. The molecular weight excluding hydrogens is 216 g/mol. The Balaban J connectivity index is 2.18. The molecule has 0 saturated carbocycles. The van der Waals surface area contributed by atoms with Crippen molar-refractivity contribution in [3.05, 3.63) is 24.2 Å². The van der Waals surface area contributed by atoms with Gasteiger partial charge in [-0.15, -0.1) is 0 Å². The van der Waals surface area contributed by atoms with E-state index < -0.39 is 19.1 Å². The smallest absolute Gasteiger partial charge is 0.282 e. The van der Waals surface area contributed by atoms with Crippen molar-refractivity contribution >= 4 is 0 Å². The molecule has 16 heavy (non-hydrogen) atoms. The monoisotopic (exact) mass is 233 g/mol. The lowest BCUT2D eigenvalue weighted by molar-refractivity contribution is -0.0491. The zero-order chi connectivity index (χ0) is 12.0. The fourth-order valence-electron chi connectivity index (χ4n) is 1.30. The van der Waals surface area contributed by atoms with E-state index in [9.17, 15) is 8.78 Å². The molecule has 1 heterocycles. The molecule has 0 aromatic carbocycles. The first-order valence-electron chi connectivity index (χ1n) is 5.28. The van der Waals surface area contributed by atoms with Crippen molar-refractivity contribution < 1.29 is 18.3 Å². The van der Waals surface area contributed by atoms with Gasteiger partial charge in [0.05, 0.1) is 12.8 Å². The van der Waals surface area contributed by atoms with E-state index >= 15 is 0 Å². The summed E-state index contributed by atoms with van der Waals surface area (Å²) in [7, 11) is 0. The predicted octanol–water partition coefficient (Wildman–Crippen LogP) is 1.82. The van der Waals surface area contributed by atoms with Crippen LogP contribution in [0.1, 0.15) is 19.1 Å². The summed E-state index contributed by atoms with van der Waals surface area (Å²) in [6.07, 6.45) is 3.02. The van der Waals surface area contributed by atoms with E-state index in [4.69, 9.17) is 9.52 Å². The maximum atomic E-state index is 12.7. The molecule has 1 atom stereocenters. The lowest BCUT2D eigenvalue weighted by atomic mass is 10.1. The Kier molecular flexibility index (Phi) is 4.89. The highest BCUT2D eigenvalue weighted by Crippen LogP contribution is 2.11. The summed E-state index contributed by atoms with van der Waals surface area (Å²) in [6.45, 7) is 0.212. The Labute approximate surface area is 93.5 Å². The van der Waals surface area contributed by atoms with Crippen LogP contribution in [0.25, 0.3) is 0 Å². The summed E-state index contributed by atoms with van der Waals surface area (Å²) >= 11 is 0. The number of aliphatic hydroxyl groups excluding tert-OH is 1. The minimum absolute atomic E-state index is 0.0393. The van der Waals surface area contributed by atoms with Crippen LogP contribution < -0.4 is 5.32 Å². The average molecular weight is 233 g/mol. The van der Waals surface area contributed by atoms with E-state index in [0.29, 0.717) is 6.42 Å². The summed E-state index contributed by atoms with van der Waals surface area (Å²) in [6, 6.07) is 3.62. The second kappa shape index (κ2) is 5.96. The SMILES string of the molecule is CC(CCc1ccco1)NCC(F)(F)CO. The Morgan fingerprint density at radius 3 is 2.88 bits per heavy atom. The van der Waals surface area contributed by atoms with Crippen molar-refractivity contribution in [2.45, 2.75) is 31.7 Å². The van der Waals surface area contributed by atoms with Crippen molar-refractivity contribution in [2.75, 3.05) is 13.2 Å². The number of furan rings is 1. The van der Waals surface area contributed by atoms with Crippen molar-refractivity contribution in [1.29, 1.82) is 0 Å². The molecule has 1 aromatic heterocycles. The van der Waals surface area contributed by atoms with Crippen molar-refractivity contribution in [2.24, 2.45) is 0 Å². The zero-order valence-corrected chi connectivity index (χ0v) is 9.25. The highest BCUT2D eigenvalue weighted by atomic mass is 19.3. The molecule has 1 rings (SSSR count). The molecule has 0 spiro atoms. The van der Waals surface area contributed by atoms with Crippen molar-refractivity contribution in [3.63, 3.8) is 0 Å². The summed E-state index contributed by atoms with van der Waals surface area (Å²) in [4.78, 5) is 0. The molecule has 0 aliphatic rings. The lowest BCUT2D eigenvalue weighted by Gasteiger charge is -2.18. The van der Waals surface area contributed by atoms with E-state index in [1.54, 1.807) is 12.3 Å². The van der Waals surface area contributed by atoms with Gasteiger partial charge in [-0.2, -0.15) is 0 Å². The van der Waals surface area contributed by atoms with E-state index in [0.717, 1.165) is 12.2 Å². The third kappa shape index (κ3) is 4.72. The Morgan fingerprint density at radius 2 is 2.31 bits per heavy atom. The summed E-state index contributed by atoms with van der Waals surface area (Å²) < 4.78 is 30.5. The van der Waals surface area contributed by atoms with Crippen molar-refractivity contribution in [1.82, 2.24) is 5.32 Å². The van der Waals surface area contributed by atoms with E-state index in [1.807, 2.05) is 13.0 Å². The lowest BCUT2D eigenvalue weighted by Crippen LogP contribution is -2.40. The minimum Gasteiger partial charge on any atom is -0.469 e. The Hall–Kier alpha value is -0.940. The number of nitrogens with one attached hydrogen (secondary N) is 1. The molecular formula is C11H17F2NO2. The third-order valence-corrected chi connectivity index (χ3v) is 2.34. The molecule has 0 aliphatic heterocycles. The molecule has 0 fully saturated rings. The van der Waals surface area contributed by atoms with Gasteiger partial charge in [0, 0.05) is 12.5 Å². The molecule has 5 heteroatoms. The highest BCUT2D eigenvalue weighted by Gasteiger charge is 2.27. The Bertz CT molecular complexity index is 288. The molecule has 3 nitrogen and oxygen atoms in total. The summed E-state index contributed by atoms with van der Waals surface area (Å²) in [5.41, 5.74) is 0. The van der Waals surface area contributed by atoms with Crippen LogP contribution in [-0.4, -0.2) is 30.2 Å². The first-order valence-corrected chi connectivity index (χ1v) is 5.28. The van der Waals surface area contributed by atoms with Crippen LogP contribution in [0.2, 0.25) is 0 Å². The molecule has 0 aliphatic carbocycles. The number of alkyl halides is 2. The van der Waals surface area contributed by atoms with Crippen LogP contribution in [0.4, 0.5) is 8.78 Å². The van der Waals surface area contributed by atoms with Gasteiger partial charge in [0.1, 0.15) is 12.4 Å². The van der Waals surface area contributed by atoms with Gasteiger partial charge in [0.15, 0.2) is 0 Å². The number of aliphatic hydroxyl groups is 1. The normalized spacial score (nSPS) is 14.0. The predicted molar refractivity (Wildman–Crippen MR) is 56.5 cm³/mol. The zero-order valence-electron chi connectivity index (χ0n) is 9.25. The largest absolute Gasteiger partial charge is 0.469 e. The van der Waals surface area contributed by atoms with Crippen LogP contribution in [0.15, 0.2) is 22.8 Å². The van der Waals surface area contributed by atoms with Gasteiger partial charge in [0.2, 0.25) is 0 Å². The third-order valence-electron chi connectivity index (χ3n) is 2.34. The molecule has 0 bridgehead atoms. The van der Waals surface area contributed by atoms with Gasteiger partial charge in [0.25, 0.3) is 5.92 Å². The van der Waals surface area contributed by atoms with Gasteiger partial charge in [-0.3, -0.25) is 0 Å². The van der Waals surface area contributed by atoms with Crippen LogP contribution in [0.5, 0.6) is 0 Å². The molecule has 0 amide bonds. The number of aryl methyl sites for hydroxylation is 1. The summed E-state index contributed by atoms with van der Waals surface area (Å²) in [5.74, 6) is -2.19. The summed E-state index contributed by atoms with van der Waals surface area (Å²) in [5, 5.41) is 11.1. The fourth-order valence-corrected chi connectivity index (χ4v) is 1.30. The molecule has 92 valence electrons. The van der Waals surface area contributed by atoms with E-state index in [2.05, 4.69) is 5.32 Å². The second-order valence-electron chi connectivity index (χ2n) is 3.91. The van der Waals surface area contributed by atoms with Crippen molar-refractivity contribution in [3.8, 4) is 0 Å². The van der Waals surface area contributed by atoms with Crippen LogP contribution >= 0.6 is 0 Å². The van der Waals surface area contributed by atoms with Gasteiger partial charge in [-0.25, -0.2) is 8.78 Å². The first-order chi connectivity index (χ1) is 7.53. The molecule has 2 N–H and O–H groups in total. The van der Waals surface area contributed by atoms with Gasteiger partial charge >= 0.3 is 0 Å². The topological polar surface area (TPSA) is 45.4 Å². The highest BCUT2D eigenvalue weighted by molar-refractivity contribution is 4.98. The van der Waals surface area contributed by atoms with Gasteiger partial charge < -0.3 is 14.8 Å². The van der Waals surface area contributed by atoms with E-state index in [-0.39, 0.29) is 6.04 Å². The Morgan fingerprint density at radius 1 is 1.56 bits per heavy atom. The van der Waals surface area contributed by atoms with Crippen LogP contribution in [-0.2, 0) is 6.42 Å². The number of hydrogen-bond donors (Lipinski definition) is 2. The maximum absolute atomic E-state index is 12.7. The molecule has 0 radical (unpaired) electrons. The number of halogens is 2. The standard InChI is InChI=1S/C11H17F2NO2/c1-9(14-7-11(12,13)8-15)4-5-10-3-2-6-16-10/h2-3,6,9,14-15H,4-5,7-8H2,1H3. The molecule has 0 saturated heterocycles. The first kappa shape index (κ1) is 13.1. The fraction of sp³-hybridized carbons (Fsp3) is 0.636. The van der Waals surface area contributed by atoms with Crippen LogP contribution in [0, 0.1) is 0 Å². The molecule has 1 unspecified atom stereocenters. The second-order valence-corrected chi connectivity index (χ2v) is 3.91. The quantitative estimate of drug-likeness (QED) is 0.755.